The number of rotatable bonds is 5. The zero-order chi connectivity index (χ0) is 30.8. The van der Waals surface area contributed by atoms with Crippen molar-refractivity contribution in [1.82, 2.24) is 34.7 Å². The highest BCUT2D eigenvalue weighted by Crippen LogP contribution is 2.31. The highest BCUT2D eigenvalue weighted by Gasteiger charge is 2.24. The summed E-state index contributed by atoms with van der Waals surface area (Å²) in [6, 6.07) is 5.36. The van der Waals surface area contributed by atoms with Gasteiger partial charge in [-0.2, -0.15) is 0 Å². The first kappa shape index (κ1) is 29.4. The van der Waals surface area contributed by atoms with Gasteiger partial charge in [0.2, 0.25) is 5.95 Å². The van der Waals surface area contributed by atoms with Crippen LogP contribution < -0.4 is 10.2 Å². The fourth-order valence-electron chi connectivity index (χ4n) is 4.94. The molecule has 230 valence electrons. The smallest absolute Gasteiger partial charge is 0.414 e. The molecule has 0 saturated carbocycles. The van der Waals surface area contributed by atoms with Crippen LogP contribution in [0.3, 0.4) is 0 Å². The Bertz CT molecular complexity index is 1650. The topological polar surface area (TPSA) is 152 Å². The van der Waals surface area contributed by atoms with Gasteiger partial charge < -0.3 is 28.6 Å². The molecule has 2 amide bonds. The third kappa shape index (κ3) is 6.60. The van der Waals surface area contributed by atoms with E-state index in [0.29, 0.717) is 84.7 Å². The van der Waals surface area contributed by atoms with Gasteiger partial charge in [-0.15, -0.1) is 0 Å². The summed E-state index contributed by atoms with van der Waals surface area (Å²) in [5.41, 5.74) is 1.81. The molecule has 0 radical (unpaired) electrons. The average molecular weight is 602 g/mol. The number of anilines is 2. The Hall–Kier alpha value is -4.69. The predicted octanol–water partition coefficient (Wildman–Crippen LogP) is 3.31. The molecular weight excluding hydrogens is 566 g/mol. The van der Waals surface area contributed by atoms with E-state index in [0.717, 1.165) is 13.1 Å². The Labute approximate surface area is 254 Å². The molecular formula is C30H35N9O5. The Morgan fingerprint density at radius 1 is 0.909 bits per heavy atom. The normalized spacial score (nSPS) is 16.3. The lowest BCUT2D eigenvalue weighted by Gasteiger charge is -2.31. The molecule has 2 aliphatic rings. The molecule has 0 unspecified atom stereocenters. The van der Waals surface area contributed by atoms with Crippen molar-refractivity contribution in [3.63, 3.8) is 0 Å². The van der Waals surface area contributed by atoms with E-state index in [9.17, 15) is 9.59 Å². The van der Waals surface area contributed by atoms with Crippen molar-refractivity contribution >= 4 is 34.8 Å². The van der Waals surface area contributed by atoms with Crippen LogP contribution in [0.2, 0.25) is 0 Å². The van der Waals surface area contributed by atoms with E-state index in [1.165, 1.54) is 0 Å². The Kier molecular flexibility index (Phi) is 8.10. The van der Waals surface area contributed by atoms with Gasteiger partial charge in [0.15, 0.2) is 17.4 Å². The van der Waals surface area contributed by atoms with E-state index < -0.39 is 11.7 Å². The second kappa shape index (κ2) is 12.1. The molecule has 0 bridgehead atoms. The minimum Gasteiger partial charge on any atom is -0.451 e. The lowest BCUT2D eigenvalue weighted by atomic mass is 10.2. The first-order valence-electron chi connectivity index (χ1n) is 14.5. The molecule has 1 N–H and O–H groups in total. The van der Waals surface area contributed by atoms with E-state index in [2.05, 4.69) is 25.1 Å². The standard InChI is InChI=1S/C30H35N9O5/c1-30(2,3)44-29(41)36-28-32-17-20(18-33-28)25-34-21-15-19(16-31-24(21)26(35-25)38-11-13-42-14-12-38)22-5-6-23(43-22)27(40)39-9-7-37(4)8-10-39/h5-6,15-18H,7-14H2,1-4H3,(H,32,33,36,41). The summed E-state index contributed by atoms with van der Waals surface area (Å²) in [4.78, 5) is 54.2. The van der Waals surface area contributed by atoms with Crippen LogP contribution in [0.15, 0.2) is 41.2 Å². The van der Waals surface area contributed by atoms with Crippen LogP contribution in [0.4, 0.5) is 16.6 Å². The lowest BCUT2D eigenvalue weighted by molar-refractivity contribution is 0.0625. The van der Waals surface area contributed by atoms with Crippen molar-refractivity contribution in [2.24, 2.45) is 0 Å². The Morgan fingerprint density at radius 2 is 1.61 bits per heavy atom. The third-order valence-corrected chi connectivity index (χ3v) is 7.24. The number of hydrogen-bond donors (Lipinski definition) is 1. The Morgan fingerprint density at radius 3 is 2.32 bits per heavy atom. The van der Waals surface area contributed by atoms with Crippen LogP contribution >= 0.6 is 0 Å². The number of hydrogen-bond acceptors (Lipinski definition) is 12. The van der Waals surface area contributed by atoms with Gasteiger partial charge in [-0.3, -0.25) is 10.1 Å². The van der Waals surface area contributed by atoms with E-state index in [1.807, 2.05) is 18.0 Å². The van der Waals surface area contributed by atoms with Gasteiger partial charge in [-0.05, 0) is 46.0 Å². The number of furan rings is 1. The number of piperazine rings is 1. The molecule has 14 heteroatoms. The number of ether oxygens (including phenoxy) is 2. The van der Waals surface area contributed by atoms with Crippen molar-refractivity contribution in [3.05, 3.63) is 42.5 Å². The number of pyridine rings is 1. The summed E-state index contributed by atoms with van der Waals surface area (Å²) in [7, 11) is 2.05. The number of nitrogens with zero attached hydrogens (tertiary/aromatic N) is 8. The minimum atomic E-state index is -0.650. The maximum absolute atomic E-state index is 13.0. The van der Waals surface area contributed by atoms with Crippen LogP contribution in [0.5, 0.6) is 0 Å². The fourth-order valence-corrected chi connectivity index (χ4v) is 4.94. The summed E-state index contributed by atoms with van der Waals surface area (Å²) >= 11 is 0. The van der Waals surface area contributed by atoms with Gasteiger partial charge in [0, 0.05) is 63.4 Å². The number of carbonyl (C=O) groups is 2. The van der Waals surface area contributed by atoms with Gasteiger partial charge >= 0.3 is 6.09 Å². The SMILES string of the molecule is CN1CCN(C(=O)c2ccc(-c3cnc4c(N5CCOCC5)nc(-c5cnc(NC(=O)OC(C)(C)C)nc5)nc4c3)o2)CC1. The molecule has 2 fully saturated rings. The molecule has 14 nitrogen and oxygen atoms in total. The summed E-state index contributed by atoms with van der Waals surface area (Å²) in [6.45, 7) is 10.8. The zero-order valence-electron chi connectivity index (χ0n) is 25.2. The van der Waals surface area contributed by atoms with Gasteiger partial charge in [-0.25, -0.2) is 29.7 Å². The molecule has 44 heavy (non-hydrogen) atoms. The maximum Gasteiger partial charge on any atom is 0.414 e. The highest BCUT2D eigenvalue weighted by molar-refractivity contribution is 5.93. The fraction of sp³-hybridized carbons (Fsp3) is 0.433. The largest absolute Gasteiger partial charge is 0.451 e. The number of fused-ring (bicyclic) bond motifs is 1. The van der Waals surface area contributed by atoms with E-state index in [-0.39, 0.29) is 11.9 Å². The first-order chi connectivity index (χ1) is 21.1. The highest BCUT2D eigenvalue weighted by atomic mass is 16.6. The first-order valence-corrected chi connectivity index (χ1v) is 14.5. The molecule has 0 atom stereocenters. The van der Waals surface area contributed by atoms with Crippen LogP contribution in [-0.4, -0.2) is 112 Å². The van der Waals surface area contributed by atoms with Crippen LogP contribution in [0, 0.1) is 0 Å². The van der Waals surface area contributed by atoms with Gasteiger partial charge in [0.1, 0.15) is 16.9 Å². The van der Waals surface area contributed by atoms with Crippen molar-refractivity contribution in [2.45, 2.75) is 26.4 Å². The van der Waals surface area contributed by atoms with Crippen molar-refractivity contribution in [3.8, 4) is 22.7 Å². The Balaban J connectivity index is 1.30. The van der Waals surface area contributed by atoms with Crippen molar-refractivity contribution in [2.75, 3.05) is 69.7 Å². The zero-order valence-corrected chi connectivity index (χ0v) is 25.2. The molecule has 4 aromatic rings. The molecule has 0 aromatic carbocycles. The molecule has 4 aromatic heterocycles. The lowest BCUT2D eigenvalue weighted by Crippen LogP contribution is -2.47. The van der Waals surface area contributed by atoms with E-state index in [4.69, 9.17) is 28.8 Å². The number of carbonyl (C=O) groups excluding carboxylic acids is 2. The molecule has 0 aliphatic carbocycles. The number of likely N-dealkylation sites (N-methyl/N-ethyl adjacent to an activating group) is 1. The van der Waals surface area contributed by atoms with E-state index in [1.54, 1.807) is 51.5 Å². The minimum absolute atomic E-state index is 0.0980. The van der Waals surface area contributed by atoms with Crippen molar-refractivity contribution < 1.29 is 23.5 Å². The van der Waals surface area contributed by atoms with Gasteiger partial charge in [-0.1, -0.05) is 0 Å². The quantitative estimate of drug-likeness (QED) is 0.357. The summed E-state index contributed by atoms with van der Waals surface area (Å²) in [6.07, 6.45) is 4.15. The summed E-state index contributed by atoms with van der Waals surface area (Å²) in [5, 5.41) is 2.53. The molecule has 2 saturated heterocycles. The number of morpholine rings is 1. The number of aromatic nitrogens is 5. The summed E-state index contributed by atoms with van der Waals surface area (Å²) < 4.78 is 16.8. The second-order valence-electron chi connectivity index (χ2n) is 11.7. The number of nitrogens with one attached hydrogen (secondary N) is 1. The van der Waals surface area contributed by atoms with Gasteiger partial charge in [0.05, 0.1) is 24.3 Å². The second-order valence-corrected chi connectivity index (χ2v) is 11.7. The molecule has 0 spiro atoms. The summed E-state index contributed by atoms with van der Waals surface area (Å²) in [5.74, 6) is 1.85. The van der Waals surface area contributed by atoms with E-state index >= 15 is 0 Å². The number of amides is 2. The third-order valence-electron chi connectivity index (χ3n) is 7.24. The van der Waals surface area contributed by atoms with Crippen LogP contribution in [-0.2, 0) is 9.47 Å². The van der Waals surface area contributed by atoms with Crippen LogP contribution in [0.25, 0.3) is 33.7 Å². The molecule has 2 aliphatic heterocycles. The van der Waals surface area contributed by atoms with Crippen LogP contribution in [0.1, 0.15) is 31.3 Å². The van der Waals surface area contributed by atoms with Crippen molar-refractivity contribution in [1.29, 1.82) is 0 Å². The average Bonchev–Trinajstić information content (AvgIpc) is 3.51. The molecule has 6 rings (SSSR count). The predicted molar refractivity (Wildman–Crippen MR) is 162 cm³/mol. The van der Waals surface area contributed by atoms with Gasteiger partial charge in [0.25, 0.3) is 5.91 Å². The molecule has 6 heterocycles. The monoisotopic (exact) mass is 601 g/mol. The maximum atomic E-state index is 13.0.